The molecule has 4 aromatic rings. The first-order chi connectivity index (χ1) is 16.6. The molecule has 176 valence electrons. The summed E-state index contributed by atoms with van der Waals surface area (Å²) in [7, 11) is 1.80. The Bertz CT molecular complexity index is 1330. The summed E-state index contributed by atoms with van der Waals surface area (Å²) in [5.41, 5.74) is 2.82. The van der Waals surface area contributed by atoms with Gasteiger partial charge in [-0.2, -0.15) is 0 Å². The smallest absolute Gasteiger partial charge is 0.259 e. The highest BCUT2D eigenvalue weighted by Gasteiger charge is 2.19. The van der Waals surface area contributed by atoms with Crippen molar-refractivity contribution in [3.05, 3.63) is 76.0 Å². The number of thiophene rings is 1. The first-order valence-corrected chi connectivity index (χ1v) is 13.2. The van der Waals surface area contributed by atoms with Crippen LogP contribution in [0.3, 0.4) is 0 Å². The van der Waals surface area contributed by atoms with Crippen molar-refractivity contribution in [2.24, 2.45) is 7.05 Å². The van der Waals surface area contributed by atoms with E-state index in [1.165, 1.54) is 4.88 Å². The van der Waals surface area contributed by atoms with Gasteiger partial charge in [-0.3, -0.25) is 19.7 Å². The highest BCUT2D eigenvalue weighted by Crippen LogP contribution is 2.34. The fourth-order valence-electron chi connectivity index (χ4n) is 4.16. The second kappa shape index (κ2) is 10.3. The molecule has 0 N–H and O–H groups in total. The van der Waals surface area contributed by atoms with Crippen molar-refractivity contribution in [1.82, 2.24) is 23.7 Å². The third-order valence-corrected chi connectivity index (χ3v) is 8.04. The summed E-state index contributed by atoms with van der Waals surface area (Å²) in [6.07, 6.45) is 9.33. The monoisotopic (exact) mass is 493 g/mol. The maximum Gasteiger partial charge on any atom is 0.259 e. The summed E-state index contributed by atoms with van der Waals surface area (Å²) in [5.74, 6) is 0.675. The Balaban J connectivity index is 1.42. The van der Waals surface area contributed by atoms with Crippen LogP contribution in [-0.2, 0) is 20.2 Å². The summed E-state index contributed by atoms with van der Waals surface area (Å²) < 4.78 is 11.0. The van der Waals surface area contributed by atoms with Crippen LogP contribution in [0.4, 0.5) is 0 Å². The van der Waals surface area contributed by atoms with E-state index < -0.39 is 0 Å². The Morgan fingerprint density at radius 3 is 2.76 bits per heavy atom. The number of piperazine rings is 1. The Hall–Kier alpha value is -2.72. The third-order valence-electron chi connectivity index (χ3n) is 6.01. The first kappa shape index (κ1) is 23.0. The molecule has 34 heavy (non-hydrogen) atoms. The molecule has 0 aromatic carbocycles. The normalized spacial score (nSPS) is 15.1. The van der Waals surface area contributed by atoms with E-state index in [-0.39, 0.29) is 5.56 Å². The number of aromatic nitrogens is 3. The highest BCUT2D eigenvalue weighted by atomic mass is 32.2. The SMILES string of the molecule is CSN1CCN(Cc2cc3c(=O)n(C)cc(-c4cncc(OCc5ccccn5)c4)c3s2)CC1. The van der Waals surface area contributed by atoms with Crippen molar-refractivity contribution in [2.75, 3.05) is 32.4 Å². The van der Waals surface area contributed by atoms with Gasteiger partial charge in [0.2, 0.25) is 0 Å². The fourth-order valence-corrected chi connectivity index (χ4v) is 5.91. The van der Waals surface area contributed by atoms with Crippen LogP contribution < -0.4 is 10.3 Å². The number of fused-ring (bicyclic) bond motifs is 1. The lowest BCUT2D eigenvalue weighted by atomic mass is 10.1. The van der Waals surface area contributed by atoms with E-state index in [2.05, 4.69) is 31.5 Å². The lowest BCUT2D eigenvalue weighted by Crippen LogP contribution is -2.42. The van der Waals surface area contributed by atoms with Gasteiger partial charge in [0.15, 0.2) is 0 Å². The van der Waals surface area contributed by atoms with E-state index >= 15 is 0 Å². The second-order valence-corrected chi connectivity index (χ2v) is 10.3. The molecule has 1 fully saturated rings. The van der Waals surface area contributed by atoms with Crippen LogP contribution in [0.2, 0.25) is 0 Å². The molecule has 1 aliphatic heterocycles. The van der Waals surface area contributed by atoms with Gasteiger partial charge in [0, 0.05) is 79.1 Å². The van der Waals surface area contributed by atoms with Gasteiger partial charge in [-0.1, -0.05) is 18.0 Å². The van der Waals surface area contributed by atoms with Crippen molar-refractivity contribution in [2.45, 2.75) is 13.2 Å². The van der Waals surface area contributed by atoms with Crippen molar-refractivity contribution < 1.29 is 4.74 Å². The topological polar surface area (TPSA) is 63.5 Å². The molecule has 5 heterocycles. The predicted molar refractivity (Wildman–Crippen MR) is 139 cm³/mol. The maximum absolute atomic E-state index is 12.9. The summed E-state index contributed by atoms with van der Waals surface area (Å²) in [6, 6.07) is 9.81. The molecular formula is C25H27N5O2S2. The molecule has 5 rings (SSSR count). The molecule has 7 nitrogen and oxygen atoms in total. The molecule has 0 saturated carbocycles. The fraction of sp³-hybridized carbons (Fsp3) is 0.320. The van der Waals surface area contributed by atoms with Crippen molar-refractivity contribution in [3.8, 4) is 16.9 Å². The van der Waals surface area contributed by atoms with Gasteiger partial charge in [0.1, 0.15) is 12.4 Å². The molecule has 0 amide bonds. The summed E-state index contributed by atoms with van der Waals surface area (Å²) in [4.78, 5) is 25.3. The van der Waals surface area contributed by atoms with Gasteiger partial charge in [-0.15, -0.1) is 11.3 Å². The summed E-state index contributed by atoms with van der Waals surface area (Å²) >= 11 is 3.52. The quantitative estimate of drug-likeness (QED) is 0.360. The number of aryl methyl sites for hydroxylation is 1. The summed E-state index contributed by atoms with van der Waals surface area (Å²) in [5, 5.41) is 0.766. The van der Waals surface area contributed by atoms with E-state index in [0.717, 1.165) is 59.6 Å². The van der Waals surface area contributed by atoms with Gasteiger partial charge in [0.25, 0.3) is 5.56 Å². The average Bonchev–Trinajstić information content (AvgIpc) is 3.30. The van der Waals surface area contributed by atoms with Gasteiger partial charge >= 0.3 is 0 Å². The predicted octanol–water partition coefficient (Wildman–Crippen LogP) is 4.03. The number of ether oxygens (including phenoxy) is 1. The highest BCUT2D eigenvalue weighted by molar-refractivity contribution is 7.96. The molecule has 1 saturated heterocycles. The van der Waals surface area contributed by atoms with Crippen LogP contribution in [-0.4, -0.2) is 56.2 Å². The maximum atomic E-state index is 12.9. The molecule has 0 spiro atoms. The standard InChI is InChI=1S/C25H27N5O2S2/c1-28-16-23(18-11-20(14-26-13-18)32-17-19-5-3-4-6-27-19)24-22(25(28)31)12-21(34-24)15-29-7-9-30(33-2)10-8-29/h3-6,11-14,16H,7-10,15,17H2,1-2H3. The van der Waals surface area contributed by atoms with Gasteiger partial charge in [0.05, 0.1) is 17.3 Å². The minimum Gasteiger partial charge on any atom is -0.486 e. The van der Waals surface area contributed by atoms with Gasteiger partial charge in [-0.05, 0) is 30.5 Å². The van der Waals surface area contributed by atoms with Crippen LogP contribution in [0.25, 0.3) is 21.2 Å². The molecule has 0 atom stereocenters. The van der Waals surface area contributed by atoms with E-state index in [0.29, 0.717) is 12.4 Å². The van der Waals surface area contributed by atoms with Gasteiger partial charge < -0.3 is 9.30 Å². The van der Waals surface area contributed by atoms with E-state index in [1.807, 2.05) is 48.6 Å². The molecule has 0 radical (unpaired) electrons. The zero-order valence-electron chi connectivity index (χ0n) is 19.3. The van der Waals surface area contributed by atoms with Crippen molar-refractivity contribution >= 4 is 33.4 Å². The molecular weight excluding hydrogens is 466 g/mol. The molecule has 0 aliphatic carbocycles. The zero-order chi connectivity index (χ0) is 23.5. The van der Waals surface area contributed by atoms with Crippen LogP contribution in [0.1, 0.15) is 10.6 Å². The molecule has 4 aromatic heterocycles. The third kappa shape index (κ3) is 5.02. The van der Waals surface area contributed by atoms with E-state index in [1.54, 1.807) is 35.3 Å². The van der Waals surface area contributed by atoms with Crippen molar-refractivity contribution in [3.63, 3.8) is 0 Å². The number of hydrogen-bond donors (Lipinski definition) is 0. The Labute approximate surface area is 207 Å². The Morgan fingerprint density at radius 1 is 1.15 bits per heavy atom. The lowest BCUT2D eigenvalue weighted by molar-refractivity contribution is 0.191. The Kier molecular flexibility index (Phi) is 6.96. The second-order valence-electron chi connectivity index (χ2n) is 8.32. The van der Waals surface area contributed by atoms with Gasteiger partial charge in [-0.25, -0.2) is 4.31 Å². The minimum atomic E-state index is 0.0315. The number of nitrogens with zero attached hydrogens (tertiary/aromatic N) is 5. The van der Waals surface area contributed by atoms with Crippen molar-refractivity contribution in [1.29, 1.82) is 0 Å². The molecule has 9 heteroatoms. The zero-order valence-corrected chi connectivity index (χ0v) is 20.9. The molecule has 1 aliphatic rings. The number of hydrogen-bond acceptors (Lipinski definition) is 8. The van der Waals surface area contributed by atoms with Crippen LogP contribution in [0.15, 0.2) is 59.9 Å². The molecule has 0 unspecified atom stereocenters. The summed E-state index contributed by atoms with van der Waals surface area (Å²) in [6.45, 7) is 5.46. The van der Waals surface area contributed by atoms with E-state index in [9.17, 15) is 4.79 Å². The Morgan fingerprint density at radius 2 is 2.00 bits per heavy atom. The van der Waals surface area contributed by atoms with Crippen LogP contribution >= 0.6 is 23.3 Å². The number of rotatable bonds is 7. The first-order valence-electron chi connectivity index (χ1n) is 11.2. The largest absolute Gasteiger partial charge is 0.486 e. The lowest BCUT2D eigenvalue weighted by Gasteiger charge is -2.32. The minimum absolute atomic E-state index is 0.0315. The van der Waals surface area contributed by atoms with E-state index in [4.69, 9.17) is 4.74 Å². The van der Waals surface area contributed by atoms with Crippen LogP contribution in [0.5, 0.6) is 5.75 Å². The molecule has 0 bridgehead atoms. The number of pyridine rings is 3. The average molecular weight is 494 g/mol. The van der Waals surface area contributed by atoms with Crippen LogP contribution in [0, 0.1) is 0 Å².